The number of ether oxygens (including phenoxy) is 1. The Hall–Kier alpha value is -1.23. The molecule has 1 heterocycles. The summed E-state index contributed by atoms with van der Waals surface area (Å²) in [5.74, 6) is -0.494. The van der Waals surface area contributed by atoms with Crippen LogP contribution in [0.3, 0.4) is 0 Å². The second-order valence-corrected chi connectivity index (χ2v) is 4.55. The van der Waals surface area contributed by atoms with Gasteiger partial charge in [0, 0.05) is 12.6 Å². The Morgan fingerprint density at radius 3 is 2.61 bits per heavy atom. The maximum absolute atomic E-state index is 12.5. The van der Waals surface area contributed by atoms with E-state index in [1.165, 1.54) is 0 Å². The summed E-state index contributed by atoms with van der Waals surface area (Å²) in [6.45, 7) is -0.00856. The molecule has 1 N–H and O–H groups in total. The van der Waals surface area contributed by atoms with Crippen molar-refractivity contribution in [3.8, 4) is 5.75 Å². The summed E-state index contributed by atoms with van der Waals surface area (Å²) in [6.07, 6.45) is -3.41. The highest BCUT2D eigenvalue weighted by molar-refractivity contribution is 5.30. The summed E-state index contributed by atoms with van der Waals surface area (Å²) in [5.41, 5.74) is 0.981. The Morgan fingerprint density at radius 1 is 1.28 bits per heavy atom. The molecule has 0 radical (unpaired) electrons. The molecule has 2 rings (SSSR count). The number of hydrogen-bond donors (Lipinski definition) is 1. The lowest BCUT2D eigenvalue weighted by molar-refractivity contribution is -0.179. The Morgan fingerprint density at radius 2 is 2.06 bits per heavy atom. The fraction of sp³-hybridized carbons (Fsp3) is 0.538. The zero-order valence-electron chi connectivity index (χ0n) is 10.1. The van der Waals surface area contributed by atoms with Crippen LogP contribution in [0.4, 0.5) is 13.2 Å². The van der Waals surface area contributed by atoms with Gasteiger partial charge in [0.05, 0.1) is 13.0 Å². The number of piperidine rings is 1. The van der Waals surface area contributed by atoms with E-state index in [9.17, 15) is 13.2 Å². The van der Waals surface area contributed by atoms with Gasteiger partial charge in [0.15, 0.2) is 0 Å². The maximum atomic E-state index is 12.5. The summed E-state index contributed by atoms with van der Waals surface area (Å²) >= 11 is 0. The molecule has 18 heavy (non-hydrogen) atoms. The molecule has 0 aliphatic carbocycles. The zero-order valence-corrected chi connectivity index (χ0v) is 10.1. The van der Waals surface area contributed by atoms with Crippen LogP contribution < -0.4 is 10.1 Å². The average molecular weight is 259 g/mol. The smallest absolute Gasteiger partial charge is 0.393 e. The van der Waals surface area contributed by atoms with Crippen LogP contribution in [-0.4, -0.2) is 19.8 Å². The monoisotopic (exact) mass is 259 g/mol. The van der Waals surface area contributed by atoms with E-state index in [1.54, 1.807) is 7.11 Å². The molecule has 2 atom stereocenters. The molecule has 1 aliphatic heterocycles. The van der Waals surface area contributed by atoms with Crippen LogP contribution >= 0.6 is 0 Å². The largest absolute Gasteiger partial charge is 0.497 e. The van der Waals surface area contributed by atoms with E-state index in [2.05, 4.69) is 5.32 Å². The average Bonchev–Trinajstić information content (AvgIpc) is 2.38. The molecular formula is C13H16F3NO. The molecule has 0 amide bonds. The SMILES string of the molecule is COc1cccc(C2CCC(C(F)(F)F)CN2)c1. The van der Waals surface area contributed by atoms with Crippen molar-refractivity contribution in [1.29, 1.82) is 0 Å². The molecular weight excluding hydrogens is 243 g/mol. The second kappa shape index (κ2) is 5.18. The number of alkyl halides is 3. The first-order valence-electron chi connectivity index (χ1n) is 5.95. The van der Waals surface area contributed by atoms with Crippen molar-refractivity contribution in [1.82, 2.24) is 5.32 Å². The lowest BCUT2D eigenvalue weighted by atomic mass is 9.90. The van der Waals surface area contributed by atoms with Crippen molar-refractivity contribution in [3.05, 3.63) is 29.8 Å². The number of methoxy groups -OCH3 is 1. The summed E-state index contributed by atoms with van der Waals surface area (Å²) < 4.78 is 42.7. The molecule has 0 aromatic heterocycles. The highest BCUT2D eigenvalue weighted by Crippen LogP contribution is 2.35. The third-order valence-electron chi connectivity index (χ3n) is 3.37. The van der Waals surface area contributed by atoms with Crippen LogP contribution in [0.2, 0.25) is 0 Å². The second-order valence-electron chi connectivity index (χ2n) is 4.55. The molecule has 2 nitrogen and oxygen atoms in total. The molecule has 1 aliphatic rings. The van der Waals surface area contributed by atoms with Crippen LogP contribution in [0.15, 0.2) is 24.3 Å². The van der Waals surface area contributed by atoms with Crippen molar-refractivity contribution in [3.63, 3.8) is 0 Å². The number of benzene rings is 1. The van der Waals surface area contributed by atoms with Crippen LogP contribution in [0.5, 0.6) is 5.75 Å². The molecule has 5 heteroatoms. The van der Waals surface area contributed by atoms with Crippen molar-refractivity contribution in [2.24, 2.45) is 5.92 Å². The predicted molar refractivity (Wildman–Crippen MR) is 62.5 cm³/mol. The normalized spacial score (nSPS) is 24.9. The van der Waals surface area contributed by atoms with Gasteiger partial charge in [-0.15, -0.1) is 0 Å². The van der Waals surface area contributed by atoms with E-state index in [1.807, 2.05) is 24.3 Å². The highest BCUT2D eigenvalue weighted by atomic mass is 19.4. The molecule has 100 valence electrons. The van der Waals surface area contributed by atoms with Crippen LogP contribution in [0.25, 0.3) is 0 Å². The van der Waals surface area contributed by atoms with E-state index < -0.39 is 12.1 Å². The molecule has 2 unspecified atom stereocenters. The molecule has 0 bridgehead atoms. The molecule has 0 spiro atoms. The van der Waals surface area contributed by atoms with Gasteiger partial charge in [-0.05, 0) is 30.5 Å². The van der Waals surface area contributed by atoms with Crippen LogP contribution in [0.1, 0.15) is 24.4 Å². The fourth-order valence-electron chi connectivity index (χ4n) is 2.28. The first-order valence-corrected chi connectivity index (χ1v) is 5.95. The van der Waals surface area contributed by atoms with Crippen molar-refractivity contribution in [2.75, 3.05) is 13.7 Å². The van der Waals surface area contributed by atoms with Crippen LogP contribution in [-0.2, 0) is 0 Å². The van der Waals surface area contributed by atoms with Gasteiger partial charge in [-0.2, -0.15) is 13.2 Å². The number of nitrogens with one attached hydrogen (secondary N) is 1. The molecule has 1 saturated heterocycles. The summed E-state index contributed by atoms with van der Waals surface area (Å²) in [4.78, 5) is 0. The minimum Gasteiger partial charge on any atom is -0.497 e. The predicted octanol–water partition coefficient (Wildman–Crippen LogP) is 3.30. The lowest BCUT2D eigenvalue weighted by Gasteiger charge is -2.31. The maximum Gasteiger partial charge on any atom is 0.393 e. The van der Waals surface area contributed by atoms with Gasteiger partial charge < -0.3 is 10.1 Å². The summed E-state index contributed by atoms with van der Waals surface area (Å²) in [5, 5.41) is 2.97. The minimum absolute atomic E-state index is 0.00856. The van der Waals surface area contributed by atoms with E-state index in [-0.39, 0.29) is 19.0 Å². The topological polar surface area (TPSA) is 21.3 Å². The molecule has 1 fully saturated rings. The summed E-state index contributed by atoms with van der Waals surface area (Å²) in [6, 6.07) is 7.44. The van der Waals surface area contributed by atoms with Gasteiger partial charge in [0.25, 0.3) is 0 Å². The highest BCUT2D eigenvalue weighted by Gasteiger charge is 2.41. The van der Waals surface area contributed by atoms with E-state index >= 15 is 0 Å². The summed E-state index contributed by atoms with van der Waals surface area (Å²) in [7, 11) is 1.58. The van der Waals surface area contributed by atoms with Crippen molar-refractivity contribution < 1.29 is 17.9 Å². The van der Waals surface area contributed by atoms with Gasteiger partial charge in [-0.25, -0.2) is 0 Å². The lowest BCUT2D eigenvalue weighted by Crippen LogP contribution is -2.40. The standard InChI is InChI=1S/C13H16F3NO/c1-18-11-4-2-3-9(7-11)12-6-5-10(8-17-12)13(14,15)16/h2-4,7,10,12,17H,5-6,8H2,1H3. The third-order valence-corrected chi connectivity index (χ3v) is 3.37. The van der Waals surface area contributed by atoms with Gasteiger partial charge in [-0.1, -0.05) is 12.1 Å². The van der Waals surface area contributed by atoms with Crippen molar-refractivity contribution >= 4 is 0 Å². The Bertz CT molecular complexity index is 397. The number of rotatable bonds is 2. The molecule has 0 saturated carbocycles. The quantitative estimate of drug-likeness (QED) is 0.880. The van der Waals surface area contributed by atoms with E-state index in [4.69, 9.17) is 4.74 Å². The van der Waals surface area contributed by atoms with Gasteiger partial charge >= 0.3 is 6.18 Å². The Kier molecular flexibility index (Phi) is 3.80. The minimum atomic E-state index is -4.09. The van der Waals surface area contributed by atoms with Crippen LogP contribution in [0, 0.1) is 5.92 Å². The van der Waals surface area contributed by atoms with Crippen molar-refractivity contribution in [2.45, 2.75) is 25.1 Å². The van der Waals surface area contributed by atoms with Gasteiger partial charge in [-0.3, -0.25) is 0 Å². The Labute approximate surface area is 104 Å². The van der Waals surface area contributed by atoms with E-state index in [0.717, 1.165) is 11.3 Å². The fourth-order valence-corrected chi connectivity index (χ4v) is 2.28. The zero-order chi connectivity index (χ0) is 13.2. The van der Waals surface area contributed by atoms with Gasteiger partial charge in [0.2, 0.25) is 0 Å². The first-order chi connectivity index (χ1) is 8.50. The molecule has 1 aromatic carbocycles. The number of halogens is 3. The van der Waals surface area contributed by atoms with Gasteiger partial charge in [0.1, 0.15) is 5.75 Å². The van der Waals surface area contributed by atoms with E-state index in [0.29, 0.717) is 6.42 Å². The Balaban J connectivity index is 2.01. The molecule has 1 aromatic rings. The third kappa shape index (κ3) is 2.96. The first kappa shape index (κ1) is 13.2. The number of hydrogen-bond acceptors (Lipinski definition) is 2.